The third-order valence-corrected chi connectivity index (χ3v) is 5.06. The van der Waals surface area contributed by atoms with Gasteiger partial charge in [0.15, 0.2) is 0 Å². The lowest BCUT2D eigenvalue weighted by Crippen LogP contribution is -2.43. The van der Waals surface area contributed by atoms with Crippen molar-refractivity contribution in [1.29, 1.82) is 0 Å². The average Bonchev–Trinajstić information content (AvgIpc) is 3.11. The Morgan fingerprint density at radius 1 is 1.44 bits per heavy atom. The van der Waals surface area contributed by atoms with Gasteiger partial charge in [-0.25, -0.2) is 14.3 Å². The Balaban J connectivity index is 1.53. The number of halogens is 1. The highest BCUT2D eigenvalue weighted by molar-refractivity contribution is 5.90. The van der Waals surface area contributed by atoms with Crippen LogP contribution in [0.2, 0.25) is 0 Å². The predicted octanol–water partition coefficient (Wildman–Crippen LogP) is 1.65. The molecule has 1 fully saturated rings. The Hall–Kier alpha value is -2.48. The van der Waals surface area contributed by atoms with Crippen LogP contribution >= 0.6 is 0 Å². The molecule has 1 amide bonds. The van der Waals surface area contributed by atoms with Crippen molar-refractivity contribution in [2.24, 2.45) is 5.92 Å². The fraction of sp³-hybridized carbons (Fsp3) is 0.526. The van der Waals surface area contributed by atoms with Gasteiger partial charge in [0, 0.05) is 26.2 Å². The fourth-order valence-electron chi connectivity index (χ4n) is 3.67. The standard InChI is InChI=1S/C19H26FN5O2/c1-2-25(18(26)17-21-19(27)23-22-17)13-15-6-4-9-24(12-15)10-8-14-5-3-7-16(20)11-14/h3,5,7,11,15H,2,4,6,8-10,12-13H2,1H3,(H2,21,22,23,27)/t15-/m0/s1. The number of rotatable bonds is 7. The molecule has 2 N–H and O–H groups in total. The molecule has 2 aromatic rings. The second kappa shape index (κ2) is 8.94. The number of H-pyrrole nitrogens is 2. The van der Waals surface area contributed by atoms with Crippen LogP contribution in [0.4, 0.5) is 4.39 Å². The molecule has 8 heteroatoms. The highest BCUT2D eigenvalue weighted by atomic mass is 19.1. The SMILES string of the molecule is CCN(C[C@H]1CCCN(CCc2cccc(F)c2)C1)C(=O)c1n[nH]c(=O)[nH]1. The summed E-state index contributed by atoms with van der Waals surface area (Å²) in [6, 6.07) is 6.74. The first-order valence-electron chi connectivity index (χ1n) is 9.46. The summed E-state index contributed by atoms with van der Waals surface area (Å²) in [7, 11) is 0. The number of likely N-dealkylation sites (tertiary alicyclic amines) is 1. The van der Waals surface area contributed by atoms with Gasteiger partial charge in [0.05, 0.1) is 0 Å². The molecule has 0 bridgehead atoms. The quantitative estimate of drug-likeness (QED) is 0.771. The fourth-order valence-corrected chi connectivity index (χ4v) is 3.67. The minimum absolute atomic E-state index is 0.0561. The number of aromatic nitrogens is 3. The van der Waals surface area contributed by atoms with Gasteiger partial charge in [-0.2, -0.15) is 0 Å². The van der Waals surface area contributed by atoms with Crippen LogP contribution in [0, 0.1) is 11.7 Å². The normalized spacial score (nSPS) is 17.8. The molecule has 1 aliphatic heterocycles. The van der Waals surface area contributed by atoms with Crippen molar-refractivity contribution in [1.82, 2.24) is 25.0 Å². The Kier molecular flexibility index (Phi) is 6.39. The van der Waals surface area contributed by atoms with E-state index in [4.69, 9.17) is 0 Å². The van der Waals surface area contributed by atoms with Crippen LogP contribution in [-0.4, -0.2) is 63.6 Å². The molecule has 27 heavy (non-hydrogen) atoms. The third kappa shape index (κ3) is 5.26. The lowest BCUT2D eigenvalue weighted by atomic mass is 9.96. The zero-order chi connectivity index (χ0) is 19.2. The predicted molar refractivity (Wildman–Crippen MR) is 100 cm³/mol. The smallest absolute Gasteiger partial charge is 0.336 e. The van der Waals surface area contributed by atoms with Crippen LogP contribution in [0.3, 0.4) is 0 Å². The van der Waals surface area contributed by atoms with E-state index in [1.807, 2.05) is 13.0 Å². The highest BCUT2D eigenvalue weighted by Crippen LogP contribution is 2.19. The molecule has 0 spiro atoms. The molecule has 146 valence electrons. The Bertz CT molecular complexity index is 818. The van der Waals surface area contributed by atoms with Crippen LogP contribution in [0.15, 0.2) is 29.1 Å². The second-order valence-electron chi connectivity index (χ2n) is 7.06. The van der Waals surface area contributed by atoms with Crippen molar-refractivity contribution >= 4 is 5.91 Å². The molecular weight excluding hydrogens is 349 g/mol. The van der Waals surface area contributed by atoms with Crippen molar-refractivity contribution in [3.8, 4) is 0 Å². The molecule has 1 aliphatic rings. The second-order valence-corrected chi connectivity index (χ2v) is 7.06. The van der Waals surface area contributed by atoms with E-state index < -0.39 is 5.69 Å². The van der Waals surface area contributed by atoms with E-state index in [1.54, 1.807) is 17.0 Å². The molecule has 3 rings (SSSR count). The Morgan fingerprint density at radius 3 is 3.00 bits per heavy atom. The van der Waals surface area contributed by atoms with Crippen molar-refractivity contribution in [3.05, 3.63) is 52.0 Å². The number of carbonyl (C=O) groups excluding carboxylic acids is 1. The number of hydrogen-bond donors (Lipinski definition) is 2. The van der Waals surface area contributed by atoms with E-state index in [-0.39, 0.29) is 17.5 Å². The number of benzene rings is 1. The summed E-state index contributed by atoms with van der Waals surface area (Å²) in [5.41, 5.74) is 0.528. The van der Waals surface area contributed by atoms with Gasteiger partial charge in [-0.05, 0) is 56.3 Å². The largest absolute Gasteiger partial charge is 0.341 e. The summed E-state index contributed by atoms with van der Waals surface area (Å²) in [4.78, 5) is 30.2. The molecule has 1 aromatic carbocycles. The average molecular weight is 375 g/mol. The minimum Gasteiger partial charge on any atom is -0.336 e. The molecule has 7 nitrogen and oxygen atoms in total. The van der Waals surface area contributed by atoms with Crippen molar-refractivity contribution in [3.63, 3.8) is 0 Å². The minimum atomic E-state index is -0.476. The number of carbonyl (C=O) groups is 1. The maximum Gasteiger partial charge on any atom is 0.341 e. The molecule has 1 aromatic heterocycles. The van der Waals surface area contributed by atoms with E-state index in [9.17, 15) is 14.0 Å². The number of hydrogen-bond acceptors (Lipinski definition) is 4. The zero-order valence-electron chi connectivity index (χ0n) is 15.6. The lowest BCUT2D eigenvalue weighted by Gasteiger charge is -2.35. The van der Waals surface area contributed by atoms with Crippen LogP contribution in [0.1, 0.15) is 35.9 Å². The molecule has 1 saturated heterocycles. The first-order chi connectivity index (χ1) is 13.0. The van der Waals surface area contributed by atoms with E-state index >= 15 is 0 Å². The van der Waals surface area contributed by atoms with Gasteiger partial charge in [0.2, 0.25) is 5.82 Å². The number of amides is 1. The summed E-state index contributed by atoms with van der Waals surface area (Å²) >= 11 is 0. The first-order valence-corrected chi connectivity index (χ1v) is 9.46. The summed E-state index contributed by atoms with van der Waals surface area (Å²) in [6.45, 7) is 5.95. The summed E-state index contributed by atoms with van der Waals surface area (Å²) in [5, 5.41) is 5.97. The monoisotopic (exact) mass is 375 g/mol. The summed E-state index contributed by atoms with van der Waals surface area (Å²) in [6.07, 6.45) is 2.96. The third-order valence-electron chi connectivity index (χ3n) is 5.06. The molecule has 0 unspecified atom stereocenters. The van der Waals surface area contributed by atoms with E-state index in [2.05, 4.69) is 20.1 Å². The van der Waals surface area contributed by atoms with Crippen LogP contribution < -0.4 is 5.69 Å². The van der Waals surface area contributed by atoms with Crippen LogP contribution in [0.25, 0.3) is 0 Å². The maximum atomic E-state index is 13.3. The molecular formula is C19H26FN5O2. The van der Waals surface area contributed by atoms with Crippen LogP contribution in [0.5, 0.6) is 0 Å². The highest BCUT2D eigenvalue weighted by Gasteiger charge is 2.25. The maximum absolute atomic E-state index is 13.3. The van der Waals surface area contributed by atoms with E-state index in [1.165, 1.54) is 6.07 Å². The molecule has 1 atom stereocenters. The molecule has 2 heterocycles. The Morgan fingerprint density at radius 2 is 2.30 bits per heavy atom. The topological polar surface area (TPSA) is 85.1 Å². The van der Waals surface area contributed by atoms with Crippen molar-refractivity contribution in [2.45, 2.75) is 26.2 Å². The zero-order valence-corrected chi connectivity index (χ0v) is 15.6. The number of aromatic amines is 2. The molecule has 0 saturated carbocycles. The molecule has 0 aliphatic carbocycles. The van der Waals surface area contributed by atoms with Gasteiger partial charge >= 0.3 is 5.69 Å². The van der Waals surface area contributed by atoms with Crippen molar-refractivity contribution < 1.29 is 9.18 Å². The van der Waals surface area contributed by atoms with E-state index in [0.29, 0.717) is 19.0 Å². The van der Waals surface area contributed by atoms with Gasteiger partial charge in [-0.15, -0.1) is 5.10 Å². The summed E-state index contributed by atoms with van der Waals surface area (Å²) < 4.78 is 13.3. The first kappa shape index (κ1) is 19.3. The van der Waals surface area contributed by atoms with Gasteiger partial charge in [0.1, 0.15) is 5.82 Å². The van der Waals surface area contributed by atoms with Gasteiger partial charge in [0.25, 0.3) is 5.91 Å². The number of piperidine rings is 1. The lowest BCUT2D eigenvalue weighted by molar-refractivity contribution is 0.0679. The number of nitrogens with one attached hydrogen (secondary N) is 2. The van der Waals surface area contributed by atoms with Gasteiger partial charge in [-0.3, -0.25) is 9.78 Å². The van der Waals surface area contributed by atoms with Crippen LogP contribution in [-0.2, 0) is 6.42 Å². The van der Waals surface area contributed by atoms with Crippen molar-refractivity contribution in [2.75, 3.05) is 32.7 Å². The number of nitrogens with zero attached hydrogens (tertiary/aromatic N) is 3. The van der Waals surface area contributed by atoms with Gasteiger partial charge < -0.3 is 9.80 Å². The summed E-state index contributed by atoms with van der Waals surface area (Å²) in [5.74, 6) is -0.0216. The molecule has 0 radical (unpaired) electrons. The van der Waals surface area contributed by atoms with Gasteiger partial charge in [-0.1, -0.05) is 12.1 Å². The Labute approximate surface area is 157 Å². The van der Waals surface area contributed by atoms with E-state index in [0.717, 1.165) is 44.5 Å².